The van der Waals surface area contributed by atoms with Crippen LogP contribution in [-0.4, -0.2) is 25.6 Å². The number of carbonyl (C=O) groups excluding carboxylic acids is 1. The summed E-state index contributed by atoms with van der Waals surface area (Å²) in [4.78, 5) is 16.8. The van der Waals surface area contributed by atoms with Crippen LogP contribution in [0.2, 0.25) is 0 Å². The fourth-order valence-electron chi connectivity index (χ4n) is 1.89. The van der Waals surface area contributed by atoms with Crippen LogP contribution in [0.15, 0.2) is 0 Å². The molecule has 0 atom stereocenters. The molecule has 0 bridgehead atoms. The molecule has 0 spiro atoms. The summed E-state index contributed by atoms with van der Waals surface area (Å²) in [7, 11) is 0. The second-order valence-electron chi connectivity index (χ2n) is 3.75. The van der Waals surface area contributed by atoms with E-state index in [1.54, 1.807) is 0 Å². The maximum Gasteiger partial charge on any atom is 0.249 e. The average molecular weight is 200 g/mol. The van der Waals surface area contributed by atoms with E-state index in [4.69, 9.17) is 4.84 Å². The highest BCUT2D eigenvalue weighted by atomic mass is 16.6. The van der Waals surface area contributed by atoms with Crippen LogP contribution in [0.5, 0.6) is 0 Å². The predicted octanol–water partition coefficient (Wildman–Crippen LogP) is 0.834. The Balaban J connectivity index is 2.53. The summed E-state index contributed by atoms with van der Waals surface area (Å²) in [6.07, 6.45) is 2.69. The van der Waals surface area contributed by atoms with E-state index in [1.165, 1.54) is 0 Å². The van der Waals surface area contributed by atoms with Crippen molar-refractivity contribution in [1.29, 1.82) is 0 Å². The molecular weight excluding hydrogens is 180 g/mol. The molecule has 0 aliphatic carbocycles. The van der Waals surface area contributed by atoms with Crippen LogP contribution in [0.25, 0.3) is 0 Å². The first kappa shape index (κ1) is 11.5. The van der Waals surface area contributed by atoms with Crippen molar-refractivity contribution in [2.24, 2.45) is 5.41 Å². The summed E-state index contributed by atoms with van der Waals surface area (Å²) in [5.74, 6) is 0.0448. The quantitative estimate of drug-likeness (QED) is 0.661. The minimum Gasteiger partial charge on any atom is -0.317 e. The van der Waals surface area contributed by atoms with Crippen molar-refractivity contribution in [3.63, 3.8) is 0 Å². The molecule has 0 aromatic carbocycles. The second-order valence-corrected chi connectivity index (χ2v) is 3.75. The van der Waals surface area contributed by atoms with Gasteiger partial charge in [0, 0.05) is 0 Å². The summed E-state index contributed by atoms with van der Waals surface area (Å²) in [6.45, 7) is 6.29. The van der Waals surface area contributed by atoms with Gasteiger partial charge in [-0.05, 0) is 39.3 Å². The highest BCUT2D eigenvalue weighted by Crippen LogP contribution is 2.32. The largest absolute Gasteiger partial charge is 0.317 e. The Hall–Kier alpha value is -0.610. The van der Waals surface area contributed by atoms with Crippen molar-refractivity contribution in [3.05, 3.63) is 0 Å². The Labute approximate surface area is 85.3 Å². The van der Waals surface area contributed by atoms with E-state index in [-0.39, 0.29) is 11.3 Å². The van der Waals surface area contributed by atoms with Gasteiger partial charge in [0.05, 0.1) is 12.0 Å². The zero-order chi connectivity index (χ0) is 10.4. The number of nitrogens with one attached hydrogen (secondary N) is 2. The third-order valence-corrected chi connectivity index (χ3v) is 3.03. The van der Waals surface area contributed by atoms with Crippen molar-refractivity contribution in [1.82, 2.24) is 10.8 Å². The zero-order valence-corrected chi connectivity index (χ0v) is 9.06. The monoisotopic (exact) mass is 200 g/mol. The molecule has 0 aromatic heterocycles. The van der Waals surface area contributed by atoms with Crippen LogP contribution >= 0.6 is 0 Å². The van der Waals surface area contributed by atoms with Crippen molar-refractivity contribution >= 4 is 5.91 Å². The molecule has 1 rings (SSSR count). The first-order chi connectivity index (χ1) is 6.75. The van der Waals surface area contributed by atoms with E-state index in [2.05, 4.69) is 17.7 Å². The fourth-order valence-corrected chi connectivity index (χ4v) is 1.89. The van der Waals surface area contributed by atoms with Crippen molar-refractivity contribution < 1.29 is 9.63 Å². The van der Waals surface area contributed by atoms with E-state index >= 15 is 0 Å². The van der Waals surface area contributed by atoms with Gasteiger partial charge in [-0.25, -0.2) is 5.48 Å². The van der Waals surface area contributed by atoms with Crippen LogP contribution in [0, 0.1) is 5.41 Å². The van der Waals surface area contributed by atoms with Crippen LogP contribution in [-0.2, 0) is 9.63 Å². The van der Waals surface area contributed by atoms with Gasteiger partial charge in [-0.15, -0.1) is 0 Å². The van der Waals surface area contributed by atoms with Gasteiger partial charge in [-0.1, -0.05) is 6.92 Å². The molecule has 1 aliphatic heterocycles. The molecule has 1 fully saturated rings. The maximum atomic E-state index is 11.8. The normalized spacial score (nSPS) is 20.4. The Bertz CT molecular complexity index is 189. The minimum absolute atomic E-state index is 0.0448. The first-order valence-corrected chi connectivity index (χ1v) is 5.38. The number of carbonyl (C=O) groups is 1. The Morgan fingerprint density at radius 1 is 1.43 bits per heavy atom. The van der Waals surface area contributed by atoms with E-state index < -0.39 is 0 Å². The summed E-state index contributed by atoms with van der Waals surface area (Å²) in [5.41, 5.74) is 2.32. The Morgan fingerprint density at radius 2 is 2.07 bits per heavy atom. The highest BCUT2D eigenvalue weighted by Gasteiger charge is 2.37. The lowest BCUT2D eigenvalue weighted by Gasteiger charge is -2.34. The molecule has 0 unspecified atom stereocenters. The van der Waals surface area contributed by atoms with E-state index in [0.29, 0.717) is 6.61 Å². The third-order valence-electron chi connectivity index (χ3n) is 3.03. The summed E-state index contributed by atoms with van der Waals surface area (Å²) < 4.78 is 0. The number of hydroxylamine groups is 1. The second kappa shape index (κ2) is 5.32. The van der Waals surface area contributed by atoms with Gasteiger partial charge in [0.25, 0.3) is 0 Å². The van der Waals surface area contributed by atoms with Gasteiger partial charge >= 0.3 is 0 Å². The molecule has 2 N–H and O–H groups in total. The lowest BCUT2D eigenvalue weighted by Crippen LogP contribution is -2.47. The molecule has 4 nitrogen and oxygen atoms in total. The number of piperidine rings is 1. The number of amides is 1. The summed E-state index contributed by atoms with van der Waals surface area (Å²) in [6, 6.07) is 0. The van der Waals surface area contributed by atoms with Crippen LogP contribution < -0.4 is 10.8 Å². The smallest absolute Gasteiger partial charge is 0.249 e. The molecular formula is C10H20N2O2. The molecule has 1 amide bonds. The van der Waals surface area contributed by atoms with Gasteiger partial charge in [0.2, 0.25) is 5.91 Å². The number of rotatable bonds is 4. The van der Waals surface area contributed by atoms with Gasteiger partial charge < -0.3 is 5.32 Å². The van der Waals surface area contributed by atoms with Crippen LogP contribution in [0.1, 0.15) is 33.1 Å². The molecule has 0 aromatic rings. The topological polar surface area (TPSA) is 50.4 Å². The van der Waals surface area contributed by atoms with Crippen LogP contribution in [0.3, 0.4) is 0 Å². The molecule has 1 aliphatic rings. The number of hydrogen-bond donors (Lipinski definition) is 2. The first-order valence-electron chi connectivity index (χ1n) is 5.38. The summed E-state index contributed by atoms with van der Waals surface area (Å²) >= 11 is 0. The predicted molar refractivity (Wildman–Crippen MR) is 54.6 cm³/mol. The van der Waals surface area contributed by atoms with E-state index in [0.717, 1.165) is 32.4 Å². The van der Waals surface area contributed by atoms with Crippen LogP contribution in [0.4, 0.5) is 0 Å². The fraction of sp³-hybridized carbons (Fsp3) is 0.900. The van der Waals surface area contributed by atoms with Crippen molar-refractivity contribution in [3.8, 4) is 0 Å². The summed E-state index contributed by atoms with van der Waals surface area (Å²) in [5, 5.41) is 3.26. The van der Waals surface area contributed by atoms with Gasteiger partial charge in [-0.3, -0.25) is 9.63 Å². The Morgan fingerprint density at radius 3 is 2.57 bits per heavy atom. The van der Waals surface area contributed by atoms with E-state index in [1.807, 2.05) is 6.92 Å². The molecule has 0 radical (unpaired) electrons. The molecule has 0 saturated carbocycles. The van der Waals surface area contributed by atoms with E-state index in [9.17, 15) is 4.79 Å². The third kappa shape index (κ3) is 2.45. The average Bonchev–Trinajstić information content (AvgIpc) is 2.26. The number of hydrogen-bond acceptors (Lipinski definition) is 3. The standard InChI is InChI=1S/C10H20N2O2/c1-3-10(5-7-11-8-6-10)9(13)12-14-4-2/h11H,3-8H2,1-2H3,(H,12,13). The van der Waals surface area contributed by atoms with Gasteiger partial charge in [0.1, 0.15) is 0 Å². The van der Waals surface area contributed by atoms with Crippen molar-refractivity contribution in [2.45, 2.75) is 33.1 Å². The van der Waals surface area contributed by atoms with Crippen molar-refractivity contribution in [2.75, 3.05) is 19.7 Å². The van der Waals surface area contributed by atoms with Gasteiger partial charge in [-0.2, -0.15) is 0 Å². The highest BCUT2D eigenvalue weighted by molar-refractivity contribution is 5.81. The molecule has 4 heteroatoms. The molecule has 14 heavy (non-hydrogen) atoms. The SMILES string of the molecule is CCONC(=O)C1(CC)CCNCC1. The minimum atomic E-state index is -0.208. The molecule has 1 saturated heterocycles. The zero-order valence-electron chi connectivity index (χ0n) is 9.06. The lowest BCUT2D eigenvalue weighted by molar-refractivity contribution is -0.145. The lowest BCUT2D eigenvalue weighted by atomic mass is 9.76. The Kier molecular flexibility index (Phi) is 4.35. The van der Waals surface area contributed by atoms with Gasteiger partial charge in [0.15, 0.2) is 0 Å². The molecule has 1 heterocycles. The molecule has 82 valence electrons. The maximum absolute atomic E-state index is 11.8.